The van der Waals surface area contributed by atoms with Gasteiger partial charge in [0, 0.05) is 5.69 Å². The summed E-state index contributed by atoms with van der Waals surface area (Å²) in [7, 11) is 0. The first-order chi connectivity index (χ1) is 15.3. The van der Waals surface area contributed by atoms with Crippen LogP contribution in [0.1, 0.15) is 15.9 Å². The fourth-order valence-corrected chi connectivity index (χ4v) is 3.62. The molecule has 0 unspecified atom stereocenters. The zero-order valence-electron chi connectivity index (χ0n) is 16.9. The van der Waals surface area contributed by atoms with Crippen LogP contribution in [-0.4, -0.2) is 12.6 Å². The van der Waals surface area contributed by atoms with Crippen molar-refractivity contribution >= 4 is 11.6 Å². The third kappa shape index (κ3) is 4.01. The summed E-state index contributed by atoms with van der Waals surface area (Å²) in [5.74, 6) is 1.30. The summed E-state index contributed by atoms with van der Waals surface area (Å²) >= 11 is 0. The van der Waals surface area contributed by atoms with Crippen LogP contribution in [-0.2, 0) is 6.61 Å². The van der Waals surface area contributed by atoms with E-state index in [4.69, 9.17) is 9.47 Å². The zero-order valence-corrected chi connectivity index (χ0v) is 16.9. The van der Waals surface area contributed by atoms with Crippen molar-refractivity contribution in [2.75, 3.05) is 11.6 Å². The van der Waals surface area contributed by atoms with Gasteiger partial charge < -0.3 is 9.47 Å². The van der Waals surface area contributed by atoms with Crippen molar-refractivity contribution in [2.24, 2.45) is 0 Å². The highest BCUT2D eigenvalue weighted by Crippen LogP contribution is 2.33. The van der Waals surface area contributed by atoms with Gasteiger partial charge in [-0.05, 0) is 53.1 Å². The molecular formula is C27H21NO3. The molecule has 0 saturated heterocycles. The second-order valence-corrected chi connectivity index (χ2v) is 7.35. The molecule has 0 radical (unpaired) electrons. The normalized spacial score (nSPS) is 12.8. The molecule has 5 rings (SSSR count). The molecule has 1 aliphatic heterocycles. The van der Waals surface area contributed by atoms with E-state index in [9.17, 15) is 4.79 Å². The Morgan fingerprint density at radius 2 is 1.48 bits per heavy atom. The Balaban J connectivity index is 1.30. The minimum Gasteiger partial charge on any atom is -0.489 e. The lowest BCUT2D eigenvalue weighted by Crippen LogP contribution is -2.38. The van der Waals surface area contributed by atoms with Crippen LogP contribution in [0.5, 0.6) is 11.5 Å². The standard InChI is InChI=1S/C27H21NO3/c29-27-25-16-11-22(21-9-5-2-6-10-21)17-26(25)31-19-28(27)23-12-14-24(15-13-23)30-18-20-7-3-1-4-8-20/h1-17H,18-19H2. The van der Waals surface area contributed by atoms with E-state index in [-0.39, 0.29) is 12.6 Å². The van der Waals surface area contributed by atoms with Gasteiger partial charge in [0.05, 0.1) is 5.56 Å². The maximum atomic E-state index is 13.1. The van der Waals surface area contributed by atoms with Gasteiger partial charge in [-0.2, -0.15) is 0 Å². The number of fused-ring (bicyclic) bond motifs is 1. The molecule has 0 saturated carbocycles. The number of benzene rings is 4. The van der Waals surface area contributed by atoms with Crippen LogP contribution in [0.25, 0.3) is 11.1 Å². The highest BCUT2D eigenvalue weighted by molar-refractivity contribution is 6.09. The summed E-state index contributed by atoms with van der Waals surface area (Å²) in [6, 6.07) is 33.3. The molecule has 4 nitrogen and oxygen atoms in total. The van der Waals surface area contributed by atoms with Gasteiger partial charge in [-0.15, -0.1) is 0 Å². The van der Waals surface area contributed by atoms with Gasteiger partial charge in [0.15, 0.2) is 6.73 Å². The summed E-state index contributed by atoms with van der Waals surface area (Å²) in [6.07, 6.45) is 0. The maximum Gasteiger partial charge on any atom is 0.264 e. The molecule has 0 N–H and O–H groups in total. The molecule has 0 spiro atoms. The smallest absolute Gasteiger partial charge is 0.264 e. The Bertz CT molecular complexity index is 1190. The molecule has 152 valence electrons. The molecule has 0 fully saturated rings. The summed E-state index contributed by atoms with van der Waals surface area (Å²) in [5.41, 5.74) is 4.57. The van der Waals surface area contributed by atoms with Crippen molar-refractivity contribution in [2.45, 2.75) is 6.61 Å². The van der Waals surface area contributed by atoms with E-state index in [0.717, 1.165) is 28.1 Å². The van der Waals surface area contributed by atoms with E-state index in [1.54, 1.807) is 4.90 Å². The van der Waals surface area contributed by atoms with Crippen LogP contribution in [0.2, 0.25) is 0 Å². The lowest BCUT2D eigenvalue weighted by Gasteiger charge is -2.29. The number of hydrogen-bond donors (Lipinski definition) is 0. The van der Waals surface area contributed by atoms with Gasteiger partial charge in [0.2, 0.25) is 0 Å². The molecule has 4 aromatic carbocycles. The van der Waals surface area contributed by atoms with Gasteiger partial charge in [-0.25, -0.2) is 0 Å². The lowest BCUT2D eigenvalue weighted by molar-refractivity contribution is 0.0937. The number of nitrogens with zero attached hydrogens (tertiary/aromatic N) is 1. The minimum atomic E-state index is -0.0705. The van der Waals surface area contributed by atoms with E-state index >= 15 is 0 Å². The second kappa shape index (κ2) is 8.36. The van der Waals surface area contributed by atoms with E-state index in [0.29, 0.717) is 17.9 Å². The molecule has 4 heteroatoms. The van der Waals surface area contributed by atoms with Crippen LogP contribution in [0.4, 0.5) is 5.69 Å². The number of carbonyl (C=O) groups excluding carboxylic acids is 1. The third-order valence-corrected chi connectivity index (χ3v) is 5.31. The molecule has 0 aliphatic carbocycles. The highest BCUT2D eigenvalue weighted by Gasteiger charge is 2.27. The van der Waals surface area contributed by atoms with E-state index in [1.165, 1.54) is 0 Å². The fraction of sp³-hybridized carbons (Fsp3) is 0.0741. The lowest BCUT2D eigenvalue weighted by atomic mass is 10.0. The van der Waals surface area contributed by atoms with Crippen LogP contribution >= 0.6 is 0 Å². The minimum absolute atomic E-state index is 0.0705. The Hall–Kier alpha value is -4.05. The first-order valence-electron chi connectivity index (χ1n) is 10.2. The molecule has 1 aliphatic rings. The van der Waals surface area contributed by atoms with Gasteiger partial charge in [-0.3, -0.25) is 9.69 Å². The summed E-state index contributed by atoms with van der Waals surface area (Å²) in [4.78, 5) is 14.7. The van der Waals surface area contributed by atoms with E-state index in [2.05, 4.69) is 0 Å². The van der Waals surface area contributed by atoms with E-state index in [1.807, 2.05) is 103 Å². The first kappa shape index (κ1) is 18.9. The quantitative estimate of drug-likeness (QED) is 0.412. The van der Waals surface area contributed by atoms with Crippen molar-refractivity contribution < 1.29 is 14.3 Å². The average molecular weight is 407 g/mol. The first-order valence-corrected chi connectivity index (χ1v) is 10.2. The van der Waals surface area contributed by atoms with Crippen LogP contribution in [0, 0.1) is 0 Å². The predicted octanol–water partition coefficient (Wildman–Crippen LogP) is 5.93. The van der Waals surface area contributed by atoms with Crippen molar-refractivity contribution in [1.29, 1.82) is 0 Å². The highest BCUT2D eigenvalue weighted by atomic mass is 16.5. The van der Waals surface area contributed by atoms with Gasteiger partial charge in [-0.1, -0.05) is 66.7 Å². The number of amides is 1. The number of rotatable bonds is 5. The number of hydrogen-bond acceptors (Lipinski definition) is 3. The van der Waals surface area contributed by atoms with Crippen LogP contribution in [0.3, 0.4) is 0 Å². The second-order valence-electron chi connectivity index (χ2n) is 7.35. The van der Waals surface area contributed by atoms with Crippen molar-refractivity contribution in [1.82, 2.24) is 0 Å². The summed E-state index contributed by atoms with van der Waals surface area (Å²) < 4.78 is 11.8. The number of anilines is 1. The molecule has 0 aromatic heterocycles. The van der Waals surface area contributed by atoms with Crippen molar-refractivity contribution in [3.8, 4) is 22.6 Å². The molecule has 0 bridgehead atoms. The third-order valence-electron chi connectivity index (χ3n) is 5.31. The zero-order chi connectivity index (χ0) is 21.0. The predicted molar refractivity (Wildman–Crippen MR) is 121 cm³/mol. The molecule has 4 aromatic rings. The van der Waals surface area contributed by atoms with Gasteiger partial charge in [0.25, 0.3) is 5.91 Å². The fourth-order valence-electron chi connectivity index (χ4n) is 3.62. The summed E-state index contributed by atoms with van der Waals surface area (Å²) in [6.45, 7) is 0.678. The van der Waals surface area contributed by atoms with Crippen LogP contribution < -0.4 is 14.4 Å². The Morgan fingerprint density at radius 1 is 0.774 bits per heavy atom. The van der Waals surface area contributed by atoms with Gasteiger partial charge in [0.1, 0.15) is 18.1 Å². The Labute approximate surface area is 181 Å². The Kier molecular flexibility index (Phi) is 5.11. The van der Waals surface area contributed by atoms with E-state index < -0.39 is 0 Å². The number of ether oxygens (including phenoxy) is 2. The molecule has 1 heterocycles. The monoisotopic (exact) mass is 407 g/mol. The Morgan fingerprint density at radius 3 is 2.23 bits per heavy atom. The SMILES string of the molecule is O=C1c2ccc(-c3ccccc3)cc2OCN1c1ccc(OCc2ccccc2)cc1. The van der Waals surface area contributed by atoms with Crippen molar-refractivity contribution in [3.63, 3.8) is 0 Å². The largest absolute Gasteiger partial charge is 0.489 e. The van der Waals surface area contributed by atoms with Gasteiger partial charge >= 0.3 is 0 Å². The number of carbonyl (C=O) groups is 1. The molecule has 0 atom stereocenters. The summed E-state index contributed by atoms with van der Waals surface area (Å²) in [5, 5.41) is 0. The van der Waals surface area contributed by atoms with Crippen LogP contribution in [0.15, 0.2) is 103 Å². The average Bonchev–Trinajstić information content (AvgIpc) is 2.84. The molecule has 31 heavy (non-hydrogen) atoms. The molecule has 1 amide bonds. The molecular weight excluding hydrogens is 386 g/mol. The topological polar surface area (TPSA) is 38.8 Å². The maximum absolute atomic E-state index is 13.1. The van der Waals surface area contributed by atoms with Crippen molar-refractivity contribution in [3.05, 3.63) is 114 Å².